The fraction of sp³-hybridized carbons (Fsp3) is 0.913. The predicted molar refractivity (Wildman–Crippen MR) is 223 cm³/mol. The number of allylic oxidation sites excluding steroid dienone is 2. The molecule has 0 fully saturated rings. The Morgan fingerprint density at radius 1 is 0.538 bits per heavy atom. The molecule has 0 aliphatic heterocycles. The smallest absolute Gasteiger partial charge is 0.306 e. The second-order valence-corrected chi connectivity index (χ2v) is 15.8. The van der Waals surface area contributed by atoms with Gasteiger partial charge in [0.2, 0.25) is 5.91 Å². The van der Waals surface area contributed by atoms with Crippen LogP contribution in [0.15, 0.2) is 12.2 Å². The Balaban J connectivity index is 4.60. The minimum atomic E-state index is -0.783. The van der Waals surface area contributed by atoms with Gasteiger partial charge in [0.15, 0.2) is 0 Å². The lowest BCUT2D eigenvalue weighted by Gasteiger charge is -2.24. The number of hydrogen-bond acceptors (Lipinski definition) is 5. The highest BCUT2D eigenvalue weighted by Gasteiger charge is 2.24. The molecule has 3 unspecified atom stereocenters. The van der Waals surface area contributed by atoms with Crippen LogP contribution in [-0.2, 0) is 14.3 Å². The normalized spacial score (nSPS) is 13.4. The Bertz CT molecular complexity index is 787. The van der Waals surface area contributed by atoms with E-state index in [0.29, 0.717) is 19.3 Å². The zero-order valence-corrected chi connectivity index (χ0v) is 35.0. The fourth-order valence-corrected chi connectivity index (χ4v) is 7.07. The molecule has 0 aliphatic rings. The number of aliphatic hydroxyl groups excluding tert-OH is 2. The second-order valence-electron chi connectivity index (χ2n) is 15.8. The van der Waals surface area contributed by atoms with Crippen molar-refractivity contribution in [2.75, 3.05) is 6.61 Å². The number of aliphatic hydroxyl groups is 2. The monoisotopic (exact) mass is 736 g/mol. The molecule has 0 aromatic rings. The second kappa shape index (κ2) is 40.8. The summed E-state index contributed by atoms with van der Waals surface area (Å²) in [5.74, 6) is -0.481. The Morgan fingerprint density at radius 2 is 0.923 bits per heavy atom. The lowest BCUT2D eigenvalue weighted by atomic mass is 10.0. The summed E-state index contributed by atoms with van der Waals surface area (Å²) in [6, 6.07) is -0.697. The molecule has 1 amide bonds. The first kappa shape index (κ1) is 50.6. The molecule has 0 aliphatic carbocycles. The van der Waals surface area contributed by atoms with Gasteiger partial charge in [-0.1, -0.05) is 193 Å². The molecule has 0 saturated carbocycles. The van der Waals surface area contributed by atoms with E-state index >= 15 is 0 Å². The number of nitrogens with one attached hydrogen (secondary N) is 1. The molecule has 0 rings (SSSR count). The van der Waals surface area contributed by atoms with E-state index < -0.39 is 18.2 Å². The van der Waals surface area contributed by atoms with Gasteiger partial charge in [-0.2, -0.15) is 0 Å². The minimum Gasteiger partial charge on any atom is -0.462 e. The van der Waals surface area contributed by atoms with Gasteiger partial charge in [0.05, 0.1) is 25.2 Å². The molecular weight excluding hydrogens is 647 g/mol. The molecule has 52 heavy (non-hydrogen) atoms. The average Bonchev–Trinajstić information content (AvgIpc) is 3.13. The largest absolute Gasteiger partial charge is 0.462 e. The highest BCUT2D eigenvalue weighted by molar-refractivity contribution is 5.77. The molecule has 3 atom stereocenters. The summed E-state index contributed by atoms with van der Waals surface area (Å²) in [5, 5.41) is 23.6. The molecule has 6 nitrogen and oxygen atoms in total. The predicted octanol–water partition coefficient (Wildman–Crippen LogP) is 13.0. The number of hydrogen-bond donors (Lipinski definition) is 3. The summed E-state index contributed by atoms with van der Waals surface area (Å²) in [6.07, 6.45) is 42.7. The van der Waals surface area contributed by atoms with Crippen LogP contribution in [0.5, 0.6) is 0 Å². The van der Waals surface area contributed by atoms with Gasteiger partial charge in [-0.3, -0.25) is 9.59 Å². The maximum absolute atomic E-state index is 13.1. The quantitative estimate of drug-likeness (QED) is 0.0330. The van der Waals surface area contributed by atoms with Gasteiger partial charge in [0.1, 0.15) is 6.10 Å². The zero-order chi connectivity index (χ0) is 38.2. The van der Waals surface area contributed by atoms with Crippen molar-refractivity contribution >= 4 is 11.9 Å². The average molecular weight is 736 g/mol. The molecular formula is C46H89NO5. The highest BCUT2D eigenvalue weighted by atomic mass is 16.5. The third-order valence-electron chi connectivity index (χ3n) is 10.6. The molecule has 0 aromatic heterocycles. The van der Waals surface area contributed by atoms with Crippen molar-refractivity contribution in [2.24, 2.45) is 0 Å². The van der Waals surface area contributed by atoms with Crippen molar-refractivity contribution < 1.29 is 24.5 Å². The van der Waals surface area contributed by atoms with Crippen molar-refractivity contribution in [1.29, 1.82) is 0 Å². The Kier molecular flexibility index (Phi) is 39.7. The third kappa shape index (κ3) is 35.6. The lowest BCUT2D eigenvalue weighted by Crippen LogP contribution is -2.46. The summed E-state index contributed by atoms with van der Waals surface area (Å²) < 4.78 is 5.89. The van der Waals surface area contributed by atoms with Crippen LogP contribution >= 0.6 is 0 Å². The number of ether oxygens (including phenoxy) is 1. The maximum atomic E-state index is 13.1. The molecule has 0 aromatic carbocycles. The van der Waals surface area contributed by atoms with Crippen LogP contribution in [0, 0.1) is 0 Å². The van der Waals surface area contributed by atoms with Crippen molar-refractivity contribution in [3.63, 3.8) is 0 Å². The molecule has 0 bridgehead atoms. The fourth-order valence-electron chi connectivity index (χ4n) is 7.07. The van der Waals surface area contributed by atoms with Crippen molar-refractivity contribution in [3.05, 3.63) is 12.2 Å². The number of carbonyl (C=O) groups excluding carboxylic acids is 2. The van der Waals surface area contributed by atoms with E-state index in [-0.39, 0.29) is 24.9 Å². The third-order valence-corrected chi connectivity index (χ3v) is 10.6. The van der Waals surface area contributed by atoms with Gasteiger partial charge in [-0.25, -0.2) is 0 Å². The molecule has 0 saturated heterocycles. The van der Waals surface area contributed by atoms with Crippen molar-refractivity contribution in [2.45, 2.75) is 264 Å². The molecule has 6 heteroatoms. The highest BCUT2D eigenvalue weighted by Crippen LogP contribution is 2.17. The van der Waals surface area contributed by atoms with Crippen molar-refractivity contribution in [3.8, 4) is 0 Å². The molecule has 0 radical (unpaired) electrons. The van der Waals surface area contributed by atoms with E-state index in [1.165, 1.54) is 135 Å². The van der Waals surface area contributed by atoms with E-state index in [9.17, 15) is 19.8 Å². The number of unbranched alkanes of at least 4 members (excludes halogenated alkanes) is 27. The SMILES string of the molecule is CCCCCCCCC/C=C/CCCCCC(CC(=O)NC(CO)C(O)CCCCCCCCCCC)OC(=O)CCCCCCCCCCCC. The maximum Gasteiger partial charge on any atom is 0.306 e. The van der Waals surface area contributed by atoms with E-state index in [1.807, 2.05) is 0 Å². The molecule has 3 N–H and O–H groups in total. The van der Waals surface area contributed by atoms with E-state index in [1.54, 1.807) is 0 Å². The van der Waals surface area contributed by atoms with Crippen LogP contribution in [0.3, 0.4) is 0 Å². The van der Waals surface area contributed by atoms with Gasteiger partial charge in [-0.15, -0.1) is 0 Å². The van der Waals surface area contributed by atoms with Crippen LogP contribution in [0.25, 0.3) is 0 Å². The Labute approximate surface area is 323 Å². The van der Waals surface area contributed by atoms with Crippen LogP contribution in [-0.4, -0.2) is 46.9 Å². The summed E-state index contributed by atoms with van der Waals surface area (Å²) >= 11 is 0. The van der Waals surface area contributed by atoms with Crippen molar-refractivity contribution in [1.82, 2.24) is 5.32 Å². The van der Waals surface area contributed by atoms with Gasteiger partial charge in [0, 0.05) is 6.42 Å². The van der Waals surface area contributed by atoms with E-state index in [4.69, 9.17) is 4.74 Å². The Hall–Kier alpha value is -1.40. The van der Waals surface area contributed by atoms with Gasteiger partial charge >= 0.3 is 5.97 Å². The standard InChI is InChI=1S/C46H89NO5/c1-4-7-10-13-16-19-21-22-23-24-26-28-31-34-37-42(52-46(51)39-36-33-30-27-20-17-14-11-8-5-2)40-45(50)47-43(41-48)44(49)38-35-32-29-25-18-15-12-9-6-3/h23-24,42-44,48-49H,4-22,25-41H2,1-3H3,(H,47,50)/b24-23+. The van der Waals surface area contributed by atoms with E-state index in [0.717, 1.165) is 64.2 Å². The van der Waals surface area contributed by atoms with Crippen LogP contribution in [0.1, 0.15) is 245 Å². The topological polar surface area (TPSA) is 95.9 Å². The van der Waals surface area contributed by atoms with Crippen LogP contribution in [0.4, 0.5) is 0 Å². The van der Waals surface area contributed by atoms with E-state index in [2.05, 4.69) is 38.2 Å². The Morgan fingerprint density at radius 3 is 1.38 bits per heavy atom. The summed E-state index contributed by atoms with van der Waals surface area (Å²) in [4.78, 5) is 25.9. The number of esters is 1. The number of rotatable bonds is 41. The first-order valence-corrected chi connectivity index (χ1v) is 22.9. The summed E-state index contributed by atoms with van der Waals surface area (Å²) in [5.41, 5.74) is 0. The number of amides is 1. The molecule has 308 valence electrons. The van der Waals surface area contributed by atoms with Gasteiger partial charge in [-0.05, 0) is 51.4 Å². The first-order valence-electron chi connectivity index (χ1n) is 22.9. The summed E-state index contributed by atoms with van der Waals surface area (Å²) in [6.45, 7) is 6.44. The van der Waals surface area contributed by atoms with Crippen LogP contribution in [0.2, 0.25) is 0 Å². The lowest BCUT2D eigenvalue weighted by molar-refractivity contribution is -0.151. The number of carbonyl (C=O) groups is 2. The summed E-state index contributed by atoms with van der Waals surface area (Å²) in [7, 11) is 0. The molecule has 0 spiro atoms. The first-order chi connectivity index (χ1) is 25.5. The van der Waals surface area contributed by atoms with Gasteiger partial charge in [0.25, 0.3) is 0 Å². The zero-order valence-electron chi connectivity index (χ0n) is 35.0. The van der Waals surface area contributed by atoms with Crippen LogP contribution < -0.4 is 5.32 Å². The molecule has 0 heterocycles. The van der Waals surface area contributed by atoms with Gasteiger partial charge < -0.3 is 20.3 Å². The minimum absolute atomic E-state index is 0.0728.